The molecule has 7 heteroatoms. The molecule has 0 spiro atoms. The van der Waals surface area contributed by atoms with Gasteiger partial charge in [0.1, 0.15) is 16.6 Å². The lowest BCUT2D eigenvalue weighted by atomic mass is 10.2. The van der Waals surface area contributed by atoms with E-state index in [4.69, 9.17) is 0 Å². The lowest BCUT2D eigenvalue weighted by Crippen LogP contribution is -2.12. The van der Waals surface area contributed by atoms with Crippen LogP contribution in [0.2, 0.25) is 0 Å². The zero-order valence-electron chi connectivity index (χ0n) is 8.70. The molecule has 1 amide bonds. The lowest BCUT2D eigenvalue weighted by Gasteiger charge is -2.01. The SMILES string of the molecule is Cc1nnc(NC(=O)c2cc(F)cc(F)c2)s1. The maximum Gasteiger partial charge on any atom is 0.257 e. The fourth-order valence-electron chi connectivity index (χ4n) is 1.20. The summed E-state index contributed by atoms with van der Waals surface area (Å²) in [6.07, 6.45) is 0. The summed E-state index contributed by atoms with van der Waals surface area (Å²) in [7, 11) is 0. The Morgan fingerprint density at radius 2 is 1.88 bits per heavy atom. The summed E-state index contributed by atoms with van der Waals surface area (Å²) in [5.41, 5.74) is -0.102. The fourth-order valence-corrected chi connectivity index (χ4v) is 1.79. The van der Waals surface area contributed by atoms with Crippen LogP contribution in [0, 0.1) is 18.6 Å². The van der Waals surface area contributed by atoms with Crippen molar-refractivity contribution < 1.29 is 13.6 Å². The standard InChI is InChI=1S/C10H7F2N3OS/c1-5-14-15-10(17-5)13-9(16)6-2-7(11)4-8(12)3-6/h2-4H,1H3,(H,13,15,16). The van der Waals surface area contributed by atoms with E-state index in [1.165, 1.54) is 11.3 Å². The molecule has 1 aromatic heterocycles. The number of carbonyl (C=O) groups excluding carboxylic acids is 1. The van der Waals surface area contributed by atoms with Crippen LogP contribution < -0.4 is 5.32 Å². The van der Waals surface area contributed by atoms with E-state index < -0.39 is 17.5 Å². The number of halogens is 2. The molecule has 1 N–H and O–H groups in total. The first-order valence-corrected chi connectivity index (χ1v) is 5.44. The van der Waals surface area contributed by atoms with E-state index in [1.54, 1.807) is 6.92 Å². The smallest absolute Gasteiger partial charge is 0.257 e. The van der Waals surface area contributed by atoms with Crippen LogP contribution in [-0.2, 0) is 0 Å². The first-order chi connectivity index (χ1) is 8.04. The van der Waals surface area contributed by atoms with Gasteiger partial charge >= 0.3 is 0 Å². The second kappa shape index (κ2) is 4.54. The summed E-state index contributed by atoms with van der Waals surface area (Å²) in [4.78, 5) is 11.6. The van der Waals surface area contributed by atoms with Crippen molar-refractivity contribution in [2.45, 2.75) is 6.92 Å². The van der Waals surface area contributed by atoms with Crippen molar-refractivity contribution in [2.75, 3.05) is 5.32 Å². The second-order valence-corrected chi connectivity index (χ2v) is 4.42. The number of aryl methyl sites for hydroxylation is 1. The van der Waals surface area contributed by atoms with E-state index in [9.17, 15) is 13.6 Å². The number of carbonyl (C=O) groups is 1. The van der Waals surface area contributed by atoms with E-state index in [-0.39, 0.29) is 10.7 Å². The van der Waals surface area contributed by atoms with Crippen molar-refractivity contribution in [2.24, 2.45) is 0 Å². The summed E-state index contributed by atoms with van der Waals surface area (Å²) in [5.74, 6) is -2.23. The zero-order chi connectivity index (χ0) is 12.4. The van der Waals surface area contributed by atoms with E-state index in [1.807, 2.05) is 0 Å². The second-order valence-electron chi connectivity index (χ2n) is 3.24. The molecule has 1 heterocycles. The zero-order valence-corrected chi connectivity index (χ0v) is 9.52. The number of nitrogens with zero attached hydrogens (tertiary/aromatic N) is 2. The normalized spacial score (nSPS) is 10.3. The number of nitrogens with one attached hydrogen (secondary N) is 1. The monoisotopic (exact) mass is 255 g/mol. The van der Waals surface area contributed by atoms with Crippen molar-refractivity contribution in [1.29, 1.82) is 0 Å². The summed E-state index contributed by atoms with van der Waals surface area (Å²) >= 11 is 1.18. The van der Waals surface area contributed by atoms with Crippen molar-refractivity contribution in [3.8, 4) is 0 Å². The van der Waals surface area contributed by atoms with Gasteiger partial charge in [-0.25, -0.2) is 8.78 Å². The molecular formula is C10H7F2N3OS. The number of aromatic nitrogens is 2. The highest BCUT2D eigenvalue weighted by Crippen LogP contribution is 2.15. The van der Waals surface area contributed by atoms with Gasteiger partial charge < -0.3 is 0 Å². The topological polar surface area (TPSA) is 54.9 Å². The molecule has 1 aromatic carbocycles. The first kappa shape index (κ1) is 11.6. The Bertz CT molecular complexity index is 550. The highest BCUT2D eigenvalue weighted by molar-refractivity contribution is 7.15. The van der Waals surface area contributed by atoms with Crippen LogP contribution in [0.4, 0.5) is 13.9 Å². The average Bonchev–Trinajstić information content (AvgIpc) is 2.62. The minimum atomic E-state index is -0.802. The van der Waals surface area contributed by atoms with Crippen LogP contribution in [0.5, 0.6) is 0 Å². The van der Waals surface area contributed by atoms with Gasteiger partial charge in [0, 0.05) is 11.6 Å². The molecule has 0 aliphatic rings. The van der Waals surface area contributed by atoms with Crippen LogP contribution in [0.25, 0.3) is 0 Å². The number of amides is 1. The van der Waals surface area contributed by atoms with Gasteiger partial charge in [0.05, 0.1) is 0 Å². The van der Waals surface area contributed by atoms with Crippen molar-refractivity contribution in [3.63, 3.8) is 0 Å². The van der Waals surface area contributed by atoms with E-state index in [0.29, 0.717) is 11.1 Å². The minimum Gasteiger partial charge on any atom is -0.296 e. The molecule has 0 fully saturated rings. The van der Waals surface area contributed by atoms with Gasteiger partial charge in [0.15, 0.2) is 0 Å². The quantitative estimate of drug-likeness (QED) is 0.896. The molecule has 88 valence electrons. The van der Waals surface area contributed by atoms with Gasteiger partial charge in [-0.2, -0.15) is 0 Å². The third-order valence-corrected chi connectivity index (χ3v) is 2.63. The number of benzene rings is 1. The molecular weight excluding hydrogens is 248 g/mol. The molecule has 2 rings (SSSR count). The summed E-state index contributed by atoms with van der Waals surface area (Å²) in [5, 5.41) is 10.8. The Kier molecular flexibility index (Phi) is 3.10. The molecule has 0 atom stereocenters. The van der Waals surface area contributed by atoms with Crippen LogP contribution in [0.3, 0.4) is 0 Å². The van der Waals surface area contributed by atoms with Gasteiger partial charge in [-0.3, -0.25) is 10.1 Å². The maximum absolute atomic E-state index is 12.9. The summed E-state index contributed by atoms with van der Waals surface area (Å²) in [6.45, 7) is 1.73. The lowest BCUT2D eigenvalue weighted by molar-refractivity contribution is 0.102. The molecule has 2 aromatic rings. The van der Waals surface area contributed by atoms with Crippen LogP contribution in [0.1, 0.15) is 15.4 Å². The molecule has 0 saturated carbocycles. The van der Waals surface area contributed by atoms with Crippen LogP contribution in [-0.4, -0.2) is 16.1 Å². The molecule has 17 heavy (non-hydrogen) atoms. The van der Waals surface area contributed by atoms with Gasteiger partial charge in [-0.15, -0.1) is 10.2 Å². The number of rotatable bonds is 2. The maximum atomic E-state index is 12.9. The van der Waals surface area contributed by atoms with Crippen LogP contribution >= 0.6 is 11.3 Å². The third-order valence-electron chi connectivity index (χ3n) is 1.87. The Morgan fingerprint density at radius 3 is 2.41 bits per heavy atom. The van der Waals surface area contributed by atoms with Crippen molar-refractivity contribution in [1.82, 2.24) is 10.2 Å². The molecule has 0 saturated heterocycles. The predicted molar refractivity (Wildman–Crippen MR) is 59.0 cm³/mol. The molecule has 4 nitrogen and oxygen atoms in total. The first-order valence-electron chi connectivity index (χ1n) is 4.62. The molecule has 0 bridgehead atoms. The van der Waals surface area contributed by atoms with E-state index in [2.05, 4.69) is 15.5 Å². The summed E-state index contributed by atoms with van der Waals surface area (Å²) < 4.78 is 25.8. The van der Waals surface area contributed by atoms with Crippen LogP contribution in [0.15, 0.2) is 18.2 Å². The largest absolute Gasteiger partial charge is 0.296 e. The summed E-state index contributed by atoms with van der Waals surface area (Å²) in [6, 6.07) is 2.60. The average molecular weight is 255 g/mol. The Labute approximate surface area is 99.3 Å². The Morgan fingerprint density at radius 1 is 1.24 bits per heavy atom. The molecule has 0 aliphatic carbocycles. The Hall–Kier alpha value is -1.89. The third kappa shape index (κ3) is 2.82. The number of hydrogen-bond donors (Lipinski definition) is 1. The number of hydrogen-bond acceptors (Lipinski definition) is 4. The highest BCUT2D eigenvalue weighted by atomic mass is 32.1. The predicted octanol–water partition coefficient (Wildman–Crippen LogP) is 2.38. The van der Waals surface area contributed by atoms with Gasteiger partial charge in [-0.1, -0.05) is 11.3 Å². The molecule has 0 aliphatic heterocycles. The van der Waals surface area contributed by atoms with E-state index in [0.717, 1.165) is 12.1 Å². The Balaban J connectivity index is 2.19. The van der Waals surface area contributed by atoms with Gasteiger partial charge in [0.2, 0.25) is 5.13 Å². The van der Waals surface area contributed by atoms with E-state index >= 15 is 0 Å². The molecule has 0 radical (unpaired) electrons. The minimum absolute atomic E-state index is 0.102. The number of anilines is 1. The van der Waals surface area contributed by atoms with Gasteiger partial charge in [0.25, 0.3) is 5.91 Å². The van der Waals surface area contributed by atoms with Gasteiger partial charge in [-0.05, 0) is 19.1 Å². The van der Waals surface area contributed by atoms with Crippen molar-refractivity contribution >= 4 is 22.4 Å². The fraction of sp³-hybridized carbons (Fsp3) is 0.100. The van der Waals surface area contributed by atoms with Crippen molar-refractivity contribution in [3.05, 3.63) is 40.4 Å². The molecule has 0 unspecified atom stereocenters. The highest BCUT2D eigenvalue weighted by Gasteiger charge is 2.11.